The van der Waals surface area contributed by atoms with Crippen LogP contribution in [0.4, 0.5) is 10.1 Å². The van der Waals surface area contributed by atoms with E-state index in [0.717, 1.165) is 28.3 Å². The molecule has 0 saturated heterocycles. The van der Waals surface area contributed by atoms with E-state index in [1.54, 1.807) is 17.0 Å². The number of nitrogens with zero attached hydrogens (tertiary/aromatic N) is 2. The summed E-state index contributed by atoms with van der Waals surface area (Å²) in [5.41, 5.74) is 2.56. The largest absolute Gasteiger partial charge is 0.450 e. The highest BCUT2D eigenvalue weighted by molar-refractivity contribution is 6.17. The van der Waals surface area contributed by atoms with Gasteiger partial charge in [0.25, 0.3) is 11.8 Å². The minimum Gasteiger partial charge on any atom is -0.450 e. The molecule has 3 heterocycles. The van der Waals surface area contributed by atoms with Gasteiger partial charge in [-0.3, -0.25) is 14.4 Å². The first-order chi connectivity index (χ1) is 19.8. The second-order valence-corrected chi connectivity index (χ2v) is 10.8. The topological polar surface area (TPSA) is 70.8 Å². The van der Waals surface area contributed by atoms with Crippen LogP contribution in [0.5, 0.6) is 0 Å². The summed E-state index contributed by atoms with van der Waals surface area (Å²) < 4.78 is 20.4. The van der Waals surface area contributed by atoms with Crippen molar-refractivity contribution in [2.24, 2.45) is 0 Å². The van der Waals surface area contributed by atoms with E-state index in [1.165, 1.54) is 17.0 Å². The summed E-state index contributed by atoms with van der Waals surface area (Å²) in [7, 11) is 0. The third-order valence-electron chi connectivity index (χ3n) is 8.08. The van der Waals surface area contributed by atoms with Gasteiger partial charge in [0.1, 0.15) is 11.4 Å². The van der Waals surface area contributed by atoms with E-state index in [9.17, 15) is 18.8 Å². The molecular weight excluding hydrogens is 519 g/mol. The predicted octanol–water partition coefficient (Wildman–Crippen LogP) is 6.00. The highest BCUT2D eigenvalue weighted by Gasteiger charge is 2.65. The van der Waals surface area contributed by atoms with Gasteiger partial charge in [-0.25, -0.2) is 4.39 Å². The van der Waals surface area contributed by atoms with Crippen molar-refractivity contribution in [2.45, 2.75) is 32.5 Å². The zero-order valence-corrected chi connectivity index (χ0v) is 22.5. The zero-order chi connectivity index (χ0) is 28.5. The van der Waals surface area contributed by atoms with Crippen molar-refractivity contribution in [2.75, 3.05) is 4.90 Å². The molecular formula is C34H25FN2O4. The van der Waals surface area contributed by atoms with E-state index in [0.29, 0.717) is 11.3 Å². The molecule has 1 unspecified atom stereocenters. The second-order valence-electron chi connectivity index (χ2n) is 10.8. The minimum atomic E-state index is -1.78. The van der Waals surface area contributed by atoms with Crippen LogP contribution in [-0.2, 0) is 23.4 Å². The summed E-state index contributed by atoms with van der Waals surface area (Å²) in [4.78, 5) is 46.4. The summed E-state index contributed by atoms with van der Waals surface area (Å²) in [6, 6.07) is 26.4. The van der Waals surface area contributed by atoms with Gasteiger partial charge in [0.2, 0.25) is 5.76 Å². The number of amides is 2. The molecule has 2 aliphatic heterocycles. The van der Waals surface area contributed by atoms with Gasteiger partial charge in [-0.1, -0.05) is 77.9 Å². The molecule has 0 bridgehead atoms. The van der Waals surface area contributed by atoms with Gasteiger partial charge in [0, 0.05) is 12.1 Å². The van der Waals surface area contributed by atoms with Crippen LogP contribution >= 0.6 is 0 Å². The highest BCUT2D eigenvalue weighted by atomic mass is 19.1. The molecule has 0 N–H and O–H groups in total. The zero-order valence-electron chi connectivity index (χ0n) is 22.5. The van der Waals surface area contributed by atoms with Crippen LogP contribution in [0.25, 0.3) is 11.0 Å². The second kappa shape index (κ2) is 8.99. The standard InChI is InChI=1S/C34H25FN2O4/c1-20-10-12-22(13-11-20)19-37-32(39)31-29(30(38)25-17-24(35)14-15-28(25)41-31)34(37)26-8-3-4-9-27(26)36(33(34)40)18-23-7-5-6-21(2)16-23/h3-17H,18-19H2,1-2H3. The van der Waals surface area contributed by atoms with Crippen LogP contribution in [0, 0.1) is 19.7 Å². The lowest BCUT2D eigenvalue weighted by Gasteiger charge is -2.34. The minimum absolute atomic E-state index is 0.0180. The summed E-state index contributed by atoms with van der Waals surface area (Å²) in [6.45, 7) is 4.26. The molecule has 6 nitrogen and oxygen atoms in total. The molecule has 4 aromatic carbocycles. The van der Waals surface area contributed by atoms with Gasteiger partial charge in [-0.05, 0) is 49.2 Å². The van der Waals surface area contributed by atoms with Gasteiger partial charge in [0.15, 0.2) is 11.0 Å². The Bertz CT molecular complexity index is 1960. The van der Waals surface area contributed by atoms with E-state index in [4.69, 9.17) is 4.42 Å². The molecule has 202 valence electrons. The fourth-order valence-electron chi connectivity index (χ4n) is 6.21. The maximum absolute atomic E-state index is 14.9. The molecule has 0 fully saturated rings. The number of rotatable bonds is 4. The maximum Gasteiger partial charge on any atom is 0.291 e. The molecule has 0 aliphatic carbocycles. The molecule has 0 radical (unpaired) electrons. The fourth-order valence-corrected chi connectivity index (χ4v) is 6.21. The molecule has 1 atom stereocenters. The number of para-hydroxylation sites is 1. The van der Waals surface area contributed by atoms with E-state index < -0.39 is 28.6 Å². The van der Waals surface area contributed by atoms with Crippen LogP contribution in [0.1, 0.15) is 43.9 Å². The first kappa shape index (κ1) is 25.0. The number of anilines is 1. The Balaban J connectivity index is 1.51. The van der Waals surface area contributed by atoms with Crippen LogP contribution < -0.4 is 10.3 Å². The average Bonchev–Trinajstić information content (AvgIpc) is 3.35. The first-order valence-corrected chi connectivity index (χ1v) is 13.4. The monoisotopic (exact) mass is 544 g/mol. The normalized spacial score (nSPS) is 17.5. The number of hydrogen-bond donors (Lipinski definition) is 0. The number of aryl methyl sites for hydroxylation is 2. The molecule has 7 heteroatoms. The van der Waals surface area contributed by atoms with Crippen molar-refractivity contribution in [1.82, 2.24) is 4.90 Å². The van der Waals surface area contributed by atoms with Gasteiger partial charge >= 0.3 is 0 Å². The van der Waals surface area contributed by atoms with Crippen molar-refractivity contribution in [3.8, 4) is 0 Å². The van der Waals surface area contributed by atoms with Gasteiger partial charge in [-0.15, -0.1) is 0 Å². The quantitative estimate of drug-likeness (QED) is 0.279. The Hall–Kier alpha value is -5.04. The summed E-state index contributed by atoms with van der Waals surface area (Å²) in [6.07, 6.45) is 0. The first-order valence-electron chi connectivity index (χ1n) is 13.4. The SMILES string of the molecule is Cc1ccc(CN2C(=O)c3oc4ccc(F)cc4c(=O)c3C23C(=O)N(Cc2cccc(C)c2)c2ccccc23)cc1. The van der Waals surface area contributed by atoms with Crippen LogP contribution in [0.15, 0.2) is 100 Å². The maximum atomic E-state index is 14.9. The van der Waals surface area contributed by atoms with Crippen molar-refractivity contribution in [3.05, 3.63) is 146 Å². The Morgan fingerprint density at radius 2 is 1.56 bits per heavy atom. The van der Waals surface area contributed by atoms with Crippen molar-refractivity contribution < 1.29 is 18.4 Å². The Morgan fingerprint density at radius 3 is 2.34 bits per heavy atom. The van der Waals surface area contributed by atoms with E-state index in [-0.39, 0.29) is 35.4 Å². The van der Waals surface area contributed by atoms with E-state index in [2.05, 4.69) is 0 Å². The molecule has 5 aromatic rings. The molecule has 1 aromatic heterocycles. The lowest BCUT2D eigenvalue weighted by atomic mass is 9.83. The molecule has 2 aliphatic rings. The highest BCUT2D eigenvalue weighted by Crippen LogP contribution is 2.53. The number of carbonyl (C=O) groups is 2. The summed E-state index contributed by atoms with van der Waals surface area (Å²) in [5, 5.41) is -0.0180. The smallest absolute Gasteiger partial charge is 0.291 e. The lowest BCUT2D eigenvalue weighted by molar-refractivity contribution is -0.126. The summed E-state index contributed by atoms with van der Waals surface area (Å²) in [5.74, 6) is -1.80. The van der Waals surface area contributed by atoms with Gasteiger partial charge in [0.05, 0.1) is 23.2 Å². The van der Waals surface area contributed by atoms with Crippen LogP contribution in [0.3, 0.4) is 0 Å². The Labute approximate surface area is 235 Å². The number of carbonyl (C=O) groups excluding carboxylic acids is 2. The summed E-state index contributed by atoms with van der Waals surface area (Å²) >= 11 is 0. The Kier molecular flexibility index (Phi) is 5.47. The molecule has 1 spiro atoms. The third-order valence-corrected chi connectivity index (χ3v) is 8.08. The number of benzene rings is 4. The number of fused-ring (bicyclic) bond motifs is 5. The number of hydrogen-bond acceptors (Lipinski definition) is 4. The third kappa shape index (κ3) is 3.58. The number of halogens is 1. The van der Waals surface area contributed by atoms with Crippen molar-refractivity contribution >= 4 is 28.5 Å². The molecule has 7 rings (SSSR count). The fraction of sp³-hybridized carbons (Fsp3) is 0.147. The lowest BCUT2D eigenvalue weighted by Crippen LogP contribution is -2.52. The van der Waals surface area contributed by atoms with Crippen LogP contribution in [0.2, 0.25) is 0 Å². The van der Waals surface area contributed by atoms with Gasteiger partial charge in [-0.2, -0.15) is 0 Å². The molecule has 2 amide bonds. The Morgan fingerprint density at radius 1 is 0.780 bits per heavy atom. The van der Waals surface area contributed by atoms with Crippen LogP contribution in [-0.4, -0.2) is 16.7 Å². The van der Waals surface area contributed by atoms with E-state index >= 15 is 0 Å². The molecule has 0 saturated carbocycles. The van der Waals surface area contributed by atoms with Crippen molar-refractivity contribution in [1.29, 1.82) is 0 Å². The molecule has 41 heavy (non-hydrogen) atoms. The van der Waals surface area contributed by atoms with Crippen molar-refractivity contribution in [3.63, 3.8) is 0 Å². The van der Waals surface area contributed by atoms with E-state index in [1.807, 2.05) is 74.5 Å². The average molecular weight is 545 g/mol. The predicted molar refractivity (Wildman–Crippen MR) is 153 cm³/mol. The van der Waals surface area contributed by atoms with Gasteiger partial charge < -0.3 is 14.2 Å².